The summed E-state index contributed by atoms with van der Waals surface area (Å²) in [5, 5.41) is 10.1. The predicted molar refractivity (Wildman–Crippen MR) is 139 cm³/mol. The highest BCUT2D eigenvalue weighted by Crippen LogP contribution is 2.36. The van der Waals surface area contributed by atoms with Gasteiger partial charge in [0.2, 0.25) is 5.88 Å². The van der Waals surface area contributed by atoms with Gasteiger partial charge in [-0.05, 0) is 51.5 Å². The molecule has 4 rings (SSSR count). The molecule has 1 aromatic carbocycles. The zero-order valence-corrected chi connectivity index (χ0v) is 22.1. The topological polar surface area (TPSA) is 165 Å². The van der Waals surface area contributed by atoms with Crippen LogP contribution in [-0.4, -0.2) is 45.4 Å². The van der Waals surface area contributed by atoms with Gasteiger partial charge in [0.1, 0.15) is 5.56 Å². The smallest absolute Gasteiger partial charge is 0.338 e. The van der Waals surface area contributed by atoms with Gasteiger partial charge in [0.05, 0.1) is 41.7 Å². The number of aromatic amines is 2. The number of nitrogens with zero attached hydrogens (tertiary/aromatic N) is 2. The Kier molecular flexibility index (Phi) is 7.39. The second-order valence-electron chi connectivity index (χ2n) is 8.55. The lowest BCUT2D eigenvalue weighted by atomic mass is 9.95. The van der Waals surface area contributed by atoms with Gasteiger partial charge in [-0.25, -0.2) is 14.6 Å². The highest BCUT2D eigenvalue weighted by atomic mass is 32.1. The van der Waals surface area contributed by atoms with Crippen LogP contribution in [0.4, 0.5) is 0 Å². The molecule has 0 unspecified atom stereocenters. The van der Waals surface area contributed by atoms with Crippen LogP contribution in [0.3, 0.4) is 0 Å². The number of rotatable bonds is 7. The monoisotopic (exact) mass is 542 g/mol. The van der Waals surface area contributed by atoms with Crippen molar-refractivity contribution in [2.45, 2.75) is 39.8 Å². The number of fused-ring (bicyclic) bond motifs is 1. The molecule has 0 amide bonds. The largest absolute Gasteiger partial charge is 0.494 e. The molecule has 0 bridgehead atoms. The number of ether oxygens (including phenoxy) is 3. The van der Waals surface area contributed by atoms with Gasteiger partial charge < -0.3 is 19.3 Å². The summed E-state index contributed by atoms with van der Waals surface area (Å²) in [5.41, 5.74) is -1.58. The standard InChI is InChI=1S/C25H26N4O8S/c1-6-36-23(33)18-12(4)26-25-29(19(18)13-7-8-15(37-11(2)3)16(9-13)35-5)22(32)17(38-25)10-14-20(30)27-24(34)28-21(14)31/h7-11,19H,6H2,1-5H3,(H3,27,28,30,31,34)/b17-10+/t19-/m1/s1. The summed E-state index contributed by atoms with van der Waals surface area (Å²) >= 11 is 0.959. The number of esters is 1. The van der Waals surface area contributed by atoms with Gasteiger partial charge >= 0.3 is 11.7 Å². The number of aromatic nitrogens is 3. The molecule has 0 aliphatic carbocycles. The molecular weight excluding hydrogens is 516 g/mol. The third-order valence-corrected chi connectivity index (χ3v) is 6.60. The Bertz CT molecular complexity index is 1740. The van der Waals surface area contributed by atoms with Crippen LogP contribution < -0.4 is 35.6 Å². The SMILES string of the molecule is CCOC(=O)C1=C(C)N=c2s/c(=C/c3c(O)[nH]c(=O)[nH]c3=O)c(=O)n2[C@@H]1c1ccc(OC(C)C)c(OC)c1. The quantitative estimate of drug-likeness (QED) is 0.367. The van der Waals surface area contributed by atoms with Crippen molar-refractivity contribution in [3.05, 3.63) is 81.1 Å². The first kappa shape index (κ1) is 26.7. The van der Waals surface area contributed by atoms with Gasteiger partial charge in [0.25, 0.3) is 11.1 Å². The molecule has 1 atom stereocenters. The Morgan fingerprint density at radius 2 is 1.97 bits per heavy atom. The van der Waals surface area contributed by atoms with Crippen LogP contribution >= 0.6 is 11.3 Å². The molecule has 3 aromatic rings. The van der Waals surface area contributed by atoms with Gasteiger partial charge in [-0.15, -0.1) is 0 Å². The molecule has 3 N–H and O–H groups in total. The highest BCUT2D eigenvalue weighted by Gasteiger charge is 2.34. The van der Waals surface area contributed by atoms with E-state index in [1.165, 1.54) is 11.7 Å². The molecule has 0 saturated carbocycles. The molecule has 38 heavy (non-hydrogen) atoms. The number of carbonyl (C=O) groups is 1. The summed E-state index contributed by atoms with van der Waals surface area (Å²) in [7, 11) is 1.49. The van der Waals surface area contributed by atoms with Crippen LogP contribution in [0, 0.1) is 0 Å². The Morgan fingerprint density at radius 3 is 2.61 bits per heavy atom. The number of H-pyrrole nitrogens is 2. The molecule has 12 nitrogen and oxygen atoms in total. The fourth-order valence-electron chi connectivity index (χ4n) is 4.06. The summed E-state index contributed by atoms with van der Waals surface area (Å²) in [5.74, 6) is -0.426. The van der Waals surface area contributed by atoms with E-state index in [4.69, 9.17) is 14.2 Å². The number of thiazole rings is 1. The number of carbonyl (C=O) groups excluding carboxylic acids is 1. The van der Waals surface area contributed by atoms with E-state index in [1.54, 1.807) is 32.0 Å². The van der Waals surface area contributed by atoms with Crippen molar-refractivity contribution >= 4 is 23.4 Å². The Hall–Kier alpha value is -4.39. The van der Waals surface area contributed by atoms with E-state index in [9.17, 15) is 24.3 Å². The van der Waals surface area contributed by atoms with Crippen LogP contribution in [0.2, 0.25) is 0 Å². The van der Waals surface area contributed by atoms with Gasteiger partial charge in [0, 0.05) is 0 Å². The minimum atomic E-state index is -0.933. The number of aromatic hydroxyl groups is 1. The highest BCUT2D eigenvalue weighted by molar-refractivity contribution is 7.07. The van der Waals surface area contributed by atoms with E-state index in [1.807, 2.05) is 18.8 Å². The molecular formula is C25H26N4O8S. The average molecular weight is 543 g/mol. The molecule has 2 aromatic heterocycles. The fraction of sp³-hybridized carbons (Fsp3) is 0.320. The first-order valence-corrected chi connectivity index (χ1v) is 12.5. The van der Waals surface area contributed by atoms with Crippen molar-refractivity contribution in [3.8, 4) is 17.4 Å². The number of nitrogens with one attached hydrogen (secondary N) is 2. The number of benzene rings is 1. The second kappa shape index (κ2) is 10.5. The zero-order chi connectivity index (χ0) is 27.7. The lowest BCUT2D eigenvalue weighted by Crippen LogP contribution is -2.40. The van der Waals surface area contributed by atoms with Crippen LogP contribution in [0.1, 0.15) is 44.9 Å². The molecule has 200 valence electrons. The number of allylic oxidation sites excluding steroid dienone is 1. The number of hydrogen-bond acceptors (Lipinski definition) is 10. The lowest BCUT2D eigenvalue weighted by Gasteiger charge is -2.25. The maximum atomic E-state index is 13.7. The predicted octanol–water partition coefficient (Wildman–Crippen LogP) is 0.676. The van der Waals surface area contributed by atoms with Gasteiger partial charge in [-0.3, -0.25) is 24.1 Å². The summed E-state index contributed by atoms with van der Waals surface area (Å²) in [6, 6.07) is 4.16. The molecule has 0 spiro atoms. The first-order valence-electron chi connectivity index (χ1n) is 11.7. The zero-order valence-electron chi connectivity index (χ0n) is 21.3. The first-order chi connectivity index (χ1) is 18.0. The molecule has 1 aliphatic heterocycles. The molecule has 1 aliphatic rings. The summed E-state index contributed by atoms with van der Waals surface area (Å²) in [6.07, 6.45) is 1.05. The Labute approximate surface area is 219 Å². The maximum Gasteiger partial charge on any atom is 0.338 e. The van der Waals surface area contributed by atoms with Crippen LogP contribution in [-0.2, 0) is 9.53 Å². The Morgan fingerprint density at radius 1 is 1.24 bits per heavy atom. The molecule has 0 radical (unpaired) electrons. The van der Waals surface area contributed by atoms with E-state index in [0.717, 1.165) is 17.4 Å². The van der Waals surface area contributed by atoms with Gasteiger partial charge in [-0.2, -0.15) is 0 Å². The van der Waals surface area contributed by atoms with E-state index in [2.05, 4.69) is 9.98 Å². The Balaban J connectivity index is 1.99. The summed E-state index contributed by atoms with van der Waals surface area (Å²) in [4.78, 5) is 59.3. The van der Waals surface area contributed by atoms with Crippen LogP contribution in [0.15, 0.2) is 48.8 Å². The van der Waals surface area contributed by atoms with Crippen molar-refractivity contribution in [1.82, 2.24) is 14.5 Å². The lowest BCUT2D eigenvalue weighted by molar-refractivity contribution is -0.139. The third-order valence-electron chi connectivity index (χ3n) is 5.62. The van der Waals surface area contributed by atoms with Crippen LogP contribution in [0.25, 0.3) is 6.08 Å². The fourth-order valence-corrected chi connectivity index (χ4v) is 5.09. The summed E-state index contributed by atoms with van der Waals surface area (Å²) < 4.78 is 18.0. The molecule has 13 heteroatoms. The minimum Gasteiger partial charge on any atom is -0.494 e. The second-order valence-corrected chi connectivity index (χ2v) is 9.56. The van der Waals surface area contributed by atoms with E-state index >= 15 is 0 Å². The van der Waals surface area contributed by atoms with Gasteiger partial charge in [0.15, 0.2) is 16.3 Å². The number of hydrogen-bond donors (Lipinski definition) is 3. The molecule has 0 fully saturated rings. The van der Waals surface area contributed by atoms with Crippen LogP contribution in [0.5, 0.6) is 17.4 Å². The molecule has 3 heterocycles. The van der Waals surface area contributed by atoms with Crippen molar-refractivity contribution < 1.29 is 24.1 Å². The number of methoxy groups -OCH3 is 1. The van der Waals surface area contributed by atoms with E-state index in [0.29, 0.717) is 22.8 Å². The molecule has 0 saturated heterocycles. The summed E-state index contributed by atoms with van der Waals surface area (Å²) in [6.45, 7) is 7.18. The maximum absolute atomic E-state index is 13.7. The van der Waals surface area contributed by atoms with E-state index in [-0.39, 0.29) is 33.2 Å². The average Bonchev–Trinajstić information content (AvgIpc) is 3.15. The third kappa shape index (κ3) is 4.92. The normalized spacial score (nSPS) is 15.3. The van der Waals surface area contributed by atoms with Gasteiger partial charge in [-0.1, -0.05) is 17.4 Å². The van der Waals surface area contributed by atoms with Crippen molar-refractivity contribution in [1.29, 1.82) is 0 Å². The van der Waals surface area contributed by atoms with Crippen molar-refractivity contribution in [2.75, 3.05) is 13.7 Å². The van der Waals surface area contributed by atoms with E-state index < -0.39 is 34.7 Å². The van der Waals surface area contributed by atoms with Crippen molar-refractivity contribution in [2.24, 2.45) is 4.99 Å². The minimum absolute atomic E-state index is 0.0474. The van der Waals surface area contributed by atoms with Crippen molar-refractivity contribution in [3.63, 3.8) is 0 Å².